The van der Waals surface area contributed by atoms with Crippen molar-refractivity contribution >= 4 is 39.4 Å². The molecule has 0 saturated carbocycles. The number of hydrogen-bond donors (Lipinski definition) is 2. The average Bonchev–Trinajstić information content (AvgIpc) is 3.38. The first-order chi connectivity index (χ1) is 16.1. The van der Waals surface area contributed by atoms with Crippen molar-refractivity contribution in [2.45, 2.75) is 18.4 Å². The molecular formula is C25H20N4O3S. The number of para-hydroxylation sites is 1. The highest BCUT2D eigenvalue weighted by atomic mass is 32.1. The lowest BCUT2D eigenvalue weighted by atomic mass is 9.83. The summed E-state index contributed by atoms with van der Waals surface area (Å²) in [5, 5.41) is 4.41. The summed E-state index contributed by atoms with van der Waals surface area (Å²) in [5.41, 5.74) is 3.18. The van der Waals surface area contributed by atoms with E-state index in [1.807, 2.05) is 36.4 Å². The van der Waals surface area contributed by atoms with Gasteiger partial charge in [0.05, 0.1) is 15.2 Å². The van der Waals surface area contributed by atoms with Crippen molar-refractivity contribution in [2.75, 3.05) is 0 Å². The first kappa shape index (κ1) is 20.8. The number of thiazole rings is 1. The fourth-order valence-electron chi connectivity index (χ4n) is 3.99. The normalized spacial score (nSPS) is 15.0. The molecule has 2 heterocycles. The summed E-state index contributed by atoms with van der Waals surface area (Å²) in [6, 6.07) is 25.1. The summed E-state index contributed by atoms with van der Waals surface area (Å²) in [5.74, 6) is -0.993. The minimum absolute atomic E-state index is 0.0978. The topological polar surface area (TPSA) is 91.4 Å². The number of benzene rings is 3. The van der Waals surface area contributed by atoms with E-state index in [1.165, 1.54) is 11.3 Å². The van der Waals surface area contributed by atoms with Crippen LogP contribution in [0.15, 0.2) is 84.9 Å². The van der Waals surface area contributed by atoms with Crippen LogP contribution in [0.2, 0.25) is 0 Å². The zero-order valence-corrected chi connectivity index (χ0v) is 18.3. The predicted octanol–water partition coefficient (Wildman–Crippen LogP) is 3.76. The molecule has 1 saturated heterocycles. The molecule has 0 atom stereocenters. The van der Waals surface area contributed by atoms with Gasteiger partial charge in [0.1, 0.15) is 0 Å². The molecule has 0 unspecified atom stereocenters. The molecule has 8 heteroatoms. The predicted molar refractivity (Wildman–Crippen MR) is 125 cm³/mol. The van der Waals surface area contributed by atoms with Gasteiger partial charge in [0, 0.05) is 12.8 Å². The highest BCUT2D eigenvalue weighted by Gasteiger charge is 2.54. The Kier molecular flexibility index (Phi) is 5.35. The van der Waals surface area contributed by atoms with Crippen LogP contribution in [-0.2, 0) is 21.5 Å². The van der Waals surface area contributed by atoms with Crippen molar-refractivity contribution in [2.24, 2.45) is 0 Å². The lowest BCUT2D eigenvalue weighted by molar-refractivity contribution is -0.138. The molecule has 7 nitrogen and oxygen atoms in total. The second-order valence-corrected chi connectivity index (χ2v) is 8.78. The van der Waals surface area contributed by atoms with Crippen molar-refractivity contribution in [3.8, 4) is 0 Å². The van der Waals surface area contributed by atoms with E-state index in [0.29, 0.717) is 17.5 Å². The maximum absolute atomic E-state index is 13.6. The molecule has 1 aliphatic rings. The molecule has 0 aliphatic carbocycles. The lowest BCUT2D eigenvalue weighted by Crippen LogP contribution is -2.49. The van der Waals surface area contributed by atoms with E-state index < -0.39 is 23.4 Å². The SMILES string of the molecule is O=C(CCc1nc2ccccc2s1)NN1C(=O)NC(c2ccccc2)(c2ccccc2)C1=O. The summed E-state index contributed by atoms with van der Waals surface area (Å²) >= 11 is 1.53. The summed E-state index contributed by atoms with van der Waals surface area (Å²) < 4.78 is 1.05. The van der Waals surface area contributed by atoms with Gasteiger partial charge in [-0.15, -0.1) is 11.3 Å². The Bertz CT molecular complexity index is 1270. The second-order valence-electron chi connectivity index (χ2n) is 7.66. The minimum Gasteiger partial charge on any atom is -0.314 e. The van der Waals surface area contributed by atoms with E-state index in [2.05, 4.69) is 15.7 Å². The third-order valence-electron chi connectivity index (χ3n) is 5.58. The number of urea groups is 1. The van der Waals surface area contributed by atoms with E-state index >= 15 is 0 Å². The molecule has 1 aromatic heterocycles. The number of carbonyl (C=O) groups excluding carboxylic acids is 3. The number of hydrazine groups is 1. The van der Waals surface area contributed by atoms with E-state index in [0.717, 1.165) is 20.2 Å². The van der Waals surface area contributed by atoms with Gasteiger partial charge in [0.15, 0.2) is 5.54 Å². The number of carbonyl (C=O) groups is 3. The van der Waals surface area contributed by atoms with Gasteiger partial charge < -0.3 is 5.32 Å². The van der Waals surface area contributed by atoms with Crippen LogP contribution in [0.25, 0.3) is 10.2 Å². The average molecular weight is 457 g/mol. The Hall–Kier alpha value is -4.04. The number of aryl methyl sites for hydroxylation is 1. The molecule has 4 aromatic rings. The summed E-state index contributed by atoms with van der Waals surface area (Å²) in [6.45, 7) is 0. The van der Waals surface area contributed by atoms with E-state index in [4.69, 9.17) is 0 Å². The number of nitrogens with zero attached hydrogens (tertiary/aromatic N) is 2. The Morgan fingerprint density at radius 2 is 1.52 bits per heavy atom. The van der Waals surface area contributed by atoms with Gasteiger partial charge in [-0.1, -0.05) is 72.8 Å². The number of hydrogen-bond acceptors (Lipinski definition) is 5. The second kappa shape index (κ2) is 8.48. The first-order valence-electron chi connectivity index (χ1n) is 10.5. The van der Waals surface area contributed by atoms with E-state index in [1.54, 1.807) is 48.5 Å². The maximum Gasteiger partial charge on any atom is 0.344 e. The molecule has 2 N–H and O–H groups in total. The molecule has 0 spiro atoms. The lowest BCUT2D eigenvalue weighted by Gasteiger charge is -2.27. The highest BCUT2D eigenvalue weighted by molar-refractivity contribution is 7.18. The quantitative estimate of drug-likeness (QED) is 0.432. The summed E-state index contributed by atoms with van der Waals surface area (Å²) in [6.07, 6.45) is 0.512. The standard InChI is InChI=1S/C25H20N4O3S/c30-21(15-16-22-26-19-13-7-8-14-20(19)33-22)28-29-23(31)25(27-24(29)32,17-9-3-1-4-10-17)18-11-5-2-6-12-18/h1-14H,15-16H2,(H,27,32)(H,28,30). The number of rotatable bonds is 6. The number of fused-ring (bicyclic) bond motifs is 1. The van der Waals surface area contributed by atoms with Gasteiger partial charge in [-0.05, 0) is 23.3 Å². The smallest absolute Gasteiger partial charge is 0.314 e. The van der Waals surface area contributed by atoms with E-state index in [-0.39, 0.29) is 6.42 Å². The number of aromatic nitrogens is 1. The van der Waals surface area contributed by atoms with Crippen LogP contribution in [0.5, 0.6) is 0 Å². The molecular weight excluding hydrogens is 436 g/mol. The number of imide groups is 1. The van der Waals surface area contributed by atoms with Gasteiger partial charge >= 0.3 is 6.03 Å². The zero-order valence-electron chi connectivity index (χ0n) is 17.5. The first-order valence-corrected chi connectivity index (χ1v) is 11.3. The third kappa shape index (κ3) is 3.74. The molecule has 1 aliphatic heterocycles. The summed E-state index contributed by atoms with van der Waals surface area (Å²) in [7, 11) is 0. The molecule has 3 aromatic carbocycles. The largest absolute Gasteiger partial charge is 0.344 e. The van der Waals surface area contributed by atoms with Crippen LogP contribution in [0.4, 0.5) is 4.79 Å². The van der Waals surface area contributed by atoms with Gasteiger partial charge in [0.2, 0.25) is 5.91 Å². The van der Waals surface area contributed by atoms with Crippen LogP contribution >= 0.6 is 11.3 Å². The van der Waals surface area contributed by atoms with Gasteiger partial charge in [-0.3, -0.25) is 15.0 Å². The molecule has 5 rings (SSSR count). The van der Waals surface area contributed by atoms with Crippen LogP contribution < -0.4 is 10.7 Å². The Morgan fingerprint density at radius 3 is 2.15 bits per heavy atom. The van der Waals surface area contributed by atoms with Gasteiger partial charge in [-0.2, -0.15) is 5.01 Å². The van der Waals surface area contributed by atoms with Crippen LogP contribution in [0.1, 0.15) is 22.6 Å². The van der Waals surface area contributed by atoms with Gasteiger partial charge in [-0.25, -0.2) is 9.78 Å². The van der Waals surface area contributed by atoms with Crippen molar-refractivity contribution in [1.82, 2.24) is 20.7 Å². The third-order valence-corrected chi connectivity index (χ3v) is 6.67. The van der Waals surface area contributed by atoms with Crippen molar-refractivity contribution in [3.63, 3.8) is 0 Å². The number of amides is 4. The van der Waals surface area contributed by atoms with Crippen molar-refractivity contribution in [3.05, 3.63) is 101 Å². The monoisotopic (exact) mass is 456 g/mol. The maximum atomic E-state index is 13.6. The molecule has 0 radical (unpaired) electrons. The molecule has 1 fully saturated rings. The Morgan fingerprint density at radius 1 is 0.909 bits per heavy atom. The van der Waals surface area contributed by atoms with Crippen LogP contribution in [0.3, 0.4) is 0 Å². The molecule has 4 amide bonds. The van der Waals surface area contributed by atoms with E-state index in [9.17, 15) is 14.4 Å². The highest BCUT2D eigenvalue weighted by Crippen LogP contribution is 2.35. The fourth-order valence-corrected chi connectivity index (χ4v) is 4.96. The summed E-state index contributed by atoms with van der Waals surface area (Å²) in [4.78, 5) is 43.6. The van der Waals surface area contributed by atoms with Crippen LogP contribution in [0, 0.1) is 0 Å². The van der Waals surface area contributed by atoms with Crippen molar-refractivity contribution in [1.29, 1.82) is 0 Å². The Labute approximate surface area is 194 Å². The van der Waals surface area contributed by atoms with Crippen LogP contribution in [-0.4, -0.2) is 27.8 Å². The minimum atomic E-state index is -1.42. The number of nitrogens with one attached hydrogen (secondary N) is 2. The van der Waals surface area contributed by atoms with Gasteiger partial charge in [0.25, 0.3) is 5.91 Å². The Balaban J connectivity index is 1.36. The van der Waals surface area contributed by atoms with Crippen molar-refractivity contribution < 1.29 is 14.4 Å². The molecule has 164 valence electrons. The fraction of sp³-hybridized carbons (Fsp3) is 0.120. The zero-order chi connectivity index (χ0) is 22.8. The molecule has 0 bridgehead atoms. The molecule has 33 heavy (non-hydrogen) atoms.